The second-order valence-electron chi connectivity index (χ2n) is 4.75. The number of amides is 1. The van der Waals surface area contributed by atoms with E-state index in [-0.39, 0.29) is 5.91 Å². The molecule has 1 N–H and O–H groups in total. The van der Waals surface area contributed by atoms with Gasteiger partial charge in [0.05, 0.1) is 0 Å². The van der Waals surface area contributed by atoms with Crippen LogP contribution in [-0.4, -0.2) is 17.5 Å². The van der Waals surface area contributed by atoms with Crippen LogP contribution in [0.25, 0.3) is 0 Å². The van der Waals surface area contributed by atoms with Gasteiger partial charge < -0.3 is 0 Å². The van der Waals surface area contributed by atoms with Gasteiger partial charge in [0, 0.05) is 18.7 Å². The van der Waals surface area contributed by atoms with Crippen LogP contribution in [-0.2, 0) is 13.0 Å². The Bertz CT molecular complexity index is 580. The molecule has 1 aliphatic rings. The lowest BCUT2D eigenvalue weighted by atomic mass is 10.0. The molecule has 0 saturated carbocycles. The summed E-state index contributed by atoms with van der Waals surface area (Å²) in [5.41, 5.74) is 6.34. The van der Waals surface area contributed by atoms with Gasteiger partial charge in [-0.05, 0) is 29.7 Å². The molecule has 0 atom stereocenters. The minimum atomic E-state index is -0.0417. The second-order valence-corrected chi connectivity index (χ2v) is 4.75. The highest BCUT2D eigenvalue weighted by atomic mass is 16.2. The highest BCUT2D eigenvalue weighted by molar-refractivity contribution is 5.93. The number of carbonyl (C=O) groups excluding carboxylic acids is 1. The van der Waals surface area contributed by atoms with Crippen molar-refractivity contribution in [2.24, 2.45) is 0 Å². The molecule has 0 unspecified atom stereocenters. The van der Waals surface area contributed by atoms with E-state index in [1.807, 2.05) is 41.4 Å². The lowest BCUT2D eigenvalue weighted by Gasteiger charge is -2.28. The fourth-order valence-electron chi connectivity index (χ4n) is 2.39. The predicted molar refractivity (Wildman–Crippen MR) is 74.5 cm³/mol. The molecule has 2 aromatic carbocycles. The molecule has 1 amide bonds. The monoisotopic (exact) mass is 252 g/mol. The summed E-state index contributed by atoms with van der Waals surface area (Å²) in [4.78, 5) is 12.1. The molecule has 0 aliphatic carbocycles. The van der Waals surface area contributed by atoms with Crippen molar-refractivity contribution < 1.29 is 4.79 Å². The van der Waals surface area contributed by atoms with Crippen LogP contribution < -0.4 is 5.43 Å². The van der Waals surface area contributed by atoms with Gasteiger partial charge in [-0.15, -0.1) is 0 Å². The van der Waals surface area contributed by atoms with Gasteiger partial charge >= 0.3 is 0 Å². The number of hydrazine groups is 1. The number of nitrogens with one attached hydrogen (secondary N) is 1. The summed E-state index contributed by atoms with van der Waals surface area (Å²) in [5.74, 6) is -0.0417. The molecule has 1 heterocycles. The van der Waals surface area contributed by atoms with Crippen molar-refractivity contribution in [1.29, 1.82) is 0 Å². The van der Waals surface area contributed by atoms with Crippen LogP contribution in [0.4, 0.5) is 0 Å². The first-order chi connectivity index (χ1) is 9.33. The van der Waals surface area contributed by atoms with Crippen molar-refractivity contribution >= 4 is 5.91 Å². The summed E-state index contributed by atoms with van der Waals surface area (Å²) in [7, 11) is 0. The van der Waals surface area contributed by atoms with Crippen molar-refractivity contribution in [1.82, 2.24) is 10.4 Å². The summed E-state index contributed by atoms with van der Waals surface area (Å²) < 4.78 is 0. The third-order valence-corrected chi connectivity index (χ3v) is 3.43. The molecule has 0 aromatic heterocycles. The molecule has 19 heavy (non-hydrogen) atoms. The molecule has 3 rings (SSSR count). The standard InChI is InChI=1S/C16H16N2O/c19-16(14-7-2-1-3-8-14)17-18-11-10-13-6-4-5-9-15(13)12-18/h1-9H,10-12H2,(H,17,19). The van der Waals surface area contributed by atoms with Crippen LogP contribution in [0.15, 0.2) is 54.6 Å². The Balaban J connectivity index is 1.68. The maximum atomic E-state index is 12.1. The molecule has 0 bridgehead atoms. The number of fused-ring (bicyclic) bond motifs is 1. The van der Waals surface area contributed by atoms with Crippen molar-refractivity contribution in [3.8, 4) is 0 Å². The van der Waals surface area contributed by atoms with Gasteiger partial charge in [-0.1, -0.05) is 42.5 Å². The van der Waals surface area contributed by atoms with E-state index >= 15 is 0 Å². The molecule has 3 heteroatoms. The van der Waals surface area contributed by atoms with Gasteiger partial charge in [0.1, 0.15) is 0 Å². The normalized spacial score (nSPS) is 14.7. The van der Waals surface area contributed by atoms with Crippen LogP contribution >= 0.6 is 0 Å². The van der Waals surface area contributed by atoms with Gasteiger partial charge in [-0.3, -0.25) is 10.2 Å². The summed E-state index contributed by atoms with van der Waals surface area (Å²) in [6.07, 6.45) is 0.977. The van der Waals surface area contributed by atoms with E-state index in [1.54, 1.807) is 0 Å². The molecule has 0 fully saturated rings. The van der Waals surface area contributed by atoms with E-state index in [0.717, 1.165) is 19.5 Å². The molecule has 0 saturated heterocycles. The maximum absolute atomic E-state index is 12.1. The first kappa shape index (κ1) is 11.9. The molecule has 2 aromatic rings. The third kappa shape index (κ3) is 2.66. The summed E-state index contributed by atoms with van der Waals surface area (Å²) in [5, 5.41) is 1.98. The molecular formula is C16H16N2O. The lowest BCUT2D eigenvalue weighted by Crippen LogP contribution is -2.44. The first-order valence-electron chi connectivity index (χ1n) is 6.51. The topological polar surface area (TPSA) is 32.3 Å². The zero-order valence-electron chi connectivity index (χ0n) is 10.7. The van der Waals surface area contributed by atoms with E-state index in [0.29, 0.717) is 5.56 Å². The quantitative estimate of drug-likeness (QED) is 0.890. The smallest absolute Gasteiger partial charge is 0.265 e. The Labute approximate surface area is 112 Å². The average Bonchev–Trinajstić information content (AvgIpc) is 2.48. The Morgan fingerprint density at radius 3 is 2.42 bits per heavy atom. The van der Waals surface area contributed by atoms with Gasteiger partial charge in [0.2, 0.25) is 0 Å². The SMILES string of the molecule is O=C(NN1CCc2ccccc2C1)c1ccccc1. The summed E-state index contributed by atoms with van der Waals surface area (Å²) in [6, 6.07) is 17.7. The van der Waals surface area contributed by atoms with E-state index in [1.165, 1.54) is 11.1 Å². The van der Waals surface area contributed by atoms with Crippen molar-refractivity contribution in [2.75, 3.05) is 6.54 Å². The summed E-state index contributed by atoms with van der Waals surface area (Å²) >= 11 is 0. The molecule has 0 spiro atoms. The fourth-order valence-corrected chi connectivity index (χ4v) is 2.39. The Kier molecular flexibility index (Phi) is 3.29. The maximum Gasteiger partial charge on any atom is 0.265 e. The van der Waals surface area contributed by atoms with Gasteiger partial charge in [-0.25, -0.2) is 5.01 Å². The summed E-state index contributed by atoms with van der Waals surface area (Å²) in [6.45, 7) is 1.63. The molecule has 3 nitrogen and oxygen atoms in total. The number of rotatable bonds is 2. The van der Waals surface area contributed by atoms with Crippen LogP contribution in [0, 0.1) is 0 Å². The Hall–Kier alpha value is -2.13. The second kappa shape index (κ2) is 5.24. The molecule has 96 valence electrons. The van der Waals surface area contributed by atoms with E-state index in [2.05, 4.69) is 23.6 Å². The fraction of sp³-hybridized carbons (Fsp3) is 0.188. The van der Waals surface area contributed by atoms with Crippen LogP contribution in [0.1, 0.15) is 21.5 Å². The largest absolute Gasteiger partial charge is 0.284 e. The van der Waals surface area contributed by atoms with Crippen molar-refractivity contribution in [2.45, 2.75) is 13.0 Å². The zero-order valence-corrected chi connectivity index (χ0v) is 10.7. The third-order valence-electron chi connectivity index (χ3n) is 3.43. The number of hydrogen-bond donors (Lipinski definition) is 1. The van der Waals surface area contributed by atoms with Crippen LogP contribution in [0.2, 0.25) is 0 Å². The number of benzene rings is 2. The van der Waals surface area contributed by atoms with Crippen molar-refractivity contribution in [3.05, 3.63) is 71.3 Å². The number of nitrogens with zero attached hydrogens (tertiary/aromatic N) is 1. The number of carbonyl (C=O) groups is 1. The van der Waals surface area contributed by atoms with E-state index < -0.39 is 0 Å². The molecule has 0 radical (unpaired) electrons. The average molecular weight is 252 g/mol. The van der Waals surface area contributed by atoms with E-state index in [9.17, 15) is 4.79 Å². The van der Waals surface area contributed by atoms with Crippen molar-refractivity contribution in [3.63, 3.8) is 0 Å². The Morgan fingerprint density at radius 2 is 1.63 bits per heavy atom. The zero-order chi connectivity index (χ0) is 13.1. The lowest BCUT2D eigenvalue weighted by molar-refractivity contribution is 0.0764. The number of hydrogen-bond acceptors (Lipinski definition) is 2. The van der Waals surface area contributed by atoms with E-state index in [4.69, 9.17) is 0 Å². The first-order valence-corrected chi connectivity index (χ1v) is 6.51. The van der Waals surface area contributed by atoms with Gasteiger partial charge in [0.15, 0.2) is 0 Å². The Morgan fingerprint density at radius 1 is 0.947 bits per heavy atom. The molecule has 1 aliphatic heterocycles. The highest BCUT2D eigenvalue weighted by Crippen LogP contribution is 2.17. The minimum absolute atomic E-state index is 0.0417. The highest BCUT2D eigenvalue weighted by Gasteiger charge is 2.17. The molecular weight excluding hydrogens is 236 g/mol. The van der Waals surface area contributed by atoms with Gasteiger partial charge in [0.25, 0.3) is 5.91 Å². The predicted octanol–water partition coefficient (Wildman–Crippen LogP) is 2.39. The van der Waals surface area contributed by atoms with Gasteiger partial charge in [-0.2, -0.15) is 0 Å². The van der Waals surface area contributed by atoms with Crippen LogP contribution in [0.3, 0.4) is 0 Å². The van der Waals surface area contributed by atoms with Crippen LogP contribution in [0.5, 0.6) is 0 Å². The minimum Gasteiger partial charge on any atom is -0.284 e.